The molecule has 0 spiro atoms. The molecule has 0 aliphatic carbocycles. The fraction of sp³-hybridized carbons (Fsp3) is 0.667. The van der Waals surface area contributed by atoms with Crippen molar-refractivity contribution in [1.82, 2.24) is 0 Å². The molecule has 6 heteroatoms. The van der Waals surface area contributed by atoms with Gasteiger partial charge in [0.05, 0.1) is 6.61 Å². The molecule has 70 valence electrons. The lowest BCUT2D eigenvalue weighted by Crippen LogP contribution is -2.31. The number of ether oxygens (including phenoxy) is 1. The van der Waals surface area contributed by atoms with Crippen molar-refractivity contribution >= 4 is 23.2 Å². The summed E-state index contributed by atoms with van der Waals surface area (Å²) in [4.78, 5) is 10.7. The maximum absolute atomic E-state index is 10.7. The maximum atomic E-state index is 10.7. The van der Waals surface area contributed by atoms with Gasteiger partial charge in [0, 0.05) is 0 Å². The van der Waals surface area contributed by atoms with Crippen LogP contribution in [0, 0.1) is 0 Å². The second-order valence-corrected chi connectivity index (χ2v) is 2.52. The zero-order valence-electron chi connectivity index (χ0n) is 6.43. The monoisotopic (exact) mass is 194 g/mol. The van der Waals surface area contributed by atoms with Crippen LogP contribution in [-0.2, 0) is 9.53 Å². The maximum Gasteiger partial charge on any atom is 0.343 e. The molecule has 0 aromatic heterocycles. The van der Waals surface area contributed by atoms with E-state index in [-0.39, 0.29) is 5.05 Å². The Hall–Kier alpha value is -0.560. The first-order valence-electron chi connectivity index (χ1n) is 3.21. The van der Waals surface area contributed by atoms with Gasteiger partial charge in [-0.15, -0.1) is 0 Å². The molecule has 12 heavy (non-hydrogen) atoms. The number of thiocarbonyl (C=S) groups is 1. The fourth-order valence-electron chi connectivity index (χ4n) is 0.327. The minimum atomic E-state index is -1.61. The number of aliphatic hydroxyl groups excluding tert-OH is 3. The van der Waals surface area contributed by atoms with Gasteiger partial charge in [-0.3, -0.25) is 0 Å². The summed E-state index contributed by atoms with van der Waals surface area (Å²) in [6.45, 7) is 0.586. The van der Waals surface area contributed by atoms with Crippen LogP contribution in [0.1, 0.15) is 6.92 Å². The molecule has 0 saturated heterocycles. The number of esters is 1. The summed E-state index contributed by atoms with van der Waals surface area (Å²) >= 11 is 4.44. The highest BCUT2D eigenvalue weighted by atomic mass is 32.1. The van der Waals surface area contributed by atoms with Gasteiger partial charge >= 0.3 is 5.97 Å². The van der Waals surface area contributed by atoms with E-state index >= 15 is 0 Å². The number of hydrogen-bond acceptors (Lipinski definition) is 6. The molecule has 0 amide bonds. The van der Waals surface area contributed by atoms with Gasteiger partial charge in [-0.1, -0.05) is 0 Å². The van der Waals surface area contributed by atoms with Crippen LogP contribution in [0.4, 0.5) is 0 Å². The number of carbonyl (C=O) groups is 1. The summed E-state index contributed by atoms with van der Waals surface area (Å²) in [5.74, 6) is -1.07. The summed E-state index contributed by atoms with van der Waals surface area (Å²) in [5, 5.41) is 25.4. The molecule has 0 aromatic carbocycles. The summed E-state index contributed by atoms with van der Waals surface area (Å²) < 4.78 is 4.30. The molecule has 0 bridgehead atoms. The van der Waals surface area contributed by atoms with Crippen molar-refractivity contribution in [1.29, 1.82) is 0 Å². The Morgan fingerprint density at radius 1 is 1.58 bits per heavy atom. The highest BCUT2D eigenvalue weighted by Crippen LogP contribution is 1.94. The van der Waals surface area contributed by atoms with Gasteiger partial charge in [0.25, 0.3) is 0 Å². The van der Waals surface area contributed by atoms with Crippen molar-refractivity contribution in [3.63, 3.8) is 0 Å². The number of aliphatic hydroxyl groups is 3. The largest absolute Gasteiger partial charge is 0.414 e. The van der Waals surface area contributed by atoms with Crippen LogP contribution in [-0.4, -0.2) is 45.2 Å². The molecule has 2 atom stereocenters. The zero-order valence-corrected chi connectivity index (χ0v) is 7.24. The standard InChI is InChI=1S/C6H10O5S/c1-3(8)6(12)11-5(10)4(9)2-7/h3-4,7-9H,2H2,1H3. The Morgan fingerprint density at radius 3 is 2.42 bits per heavy atom. The van der Waals surface area contributed by atoms with Crippen molar-refractivity contribution < 1.29 is 24.9 Å². The van der Waals surface area contributed by atoms with E-state index in [1.807, 2.05) is 0 Å². The highest BCUT2D eigenvalue weighted by Gasteiger charge is 2.18. The summed E-state index contributed by atoms with van der Waals surface area (Å²) in [5.41, 5.74) is 0. The molecular formula is C6H10O5S. The van der Waals surface area contributed by atoms with E-state index in [1.165, 1.54) is 6.92 Å². The van der Waals surface area contributed by atoms with E-state index in [4.69, 9.17) is 15.3 Å². The number of rotatable bonds is 3. The van der Waals surface area contributed by atoms with E-state index in [0.717, 1.165) is 0 Å². The topological polar surface area (TPSA) is 87.0 Å². The third-order valence-corrected chi connectivity index (χ3v) is 1.41. The van der Waals surface area contributed by atoms with Crippen LogP contribution in [0.2, 0.25) is 0 Å². The second kappa shape index (κ2) is 5.15. The molecule has 0 radical (unpaired) electrons. The summed E-state index contributed by atoms with van der Waals surface area (Å²) in [6.07, 6.45) is -2.67. The molecule has 3 N–H and O–H groups in total. The molecule has 0 saturated carbocycles. The Kier molecular flexibility index (Phi) is 4.91. The zero-order chi connectivity index (χ0) is 9.72. The van der Waals surface area contributed by atoms with Crippen molar-refractivity contribution in [2.75, 3.05) is 6.61 Å². The van der Waals surface area contributed by atoms with E-state index < -0.39 is 24.8 Å². The van der Waals surface area contributed by atoms with E-state index in [2.05, 4.69) is 17.0 Å². The first-order valence-corrected chi connectivity index (χ1v) is 3.62. The van der Waals surface area contributed by atoms with Crippen LogP contribution >= 0.6 is 12.2 Å². The van der Waals surface area contributed by atoms with Gasteiger partial charge < -0.3 is 20.1 Å². The van der Waals surface area contributed by atoms with Crippen LogP contribution in [0.15, 0.2) is 0 Å². The fourth-order valence-corrected chi connectivity index (χ4v) is 0.409. The van der Waals surface area contributed by atoms with Crippen molar-refractivity contribution in [2.45, 2.75) is 19.1 Å². The Morgan fingerprint density at radius 2 is 2.08 bits per heavy atom. The Balaban J connectivity index is 3.93. The van der Waals surface area contributed by atoms with E-state index in [0.29, 0.717) is 0 Å². The Labute approximate surface area is 74.6 Å². The van der Waals surface area contributed by atoms with Crippen LogP contribution in [0.3, 0.4) is 0 Å². The molecule has 0 aliphatic heterocycles. The Bertz CT molecular complexity index is 179. The quantitative estimate of drug-likeness (QED) is 0.378. The van der Waals surface area contributed by atoms with Crippen LogP contribution in [0.5, 0.6) is 0 Å². The molecule has 0 aromatic rings. The van der Waals surface area contributed by atoms with Crippen molar-refractivity contribution in [3.8, 4) is 0 Å². The third-order valence-electron chi connectivity index (χ3n) is 0.987. The van der Waals surface area contributed by atoms with Crippen molar-refractivity contribution in [2.24, 2.45) is 0 Å². The van der Waals surface area contributed by atoms with Crippen LogP contribution < -0.4 is 0 Å². The predicted molar refractivity (Wildman–Crippen MR) is 43.5 cm³/mol. The van der Waals surface area contributed by atoms with E-state index in [1.54, 1.807) is 0 Å². The molecule has 0 rings (SSSR count). The SMILES string of the molecule is CC(O)C(=S)OC(=O)C(O)CO. The number of carbonyl (C=O) groups excluding carboxylic acids is 1. The van der Waals surface area contributed by atoms with Crippen molar-refractivity contribution in [3.05, 3.63) is 0 Å². The average Bonchev–Trinajstić information content (AvgIpc) is 2.02. The minimum absolute atomic E-state index is 0.326. The van der Waals surface area contributed by atoms with Gasteiger partial charge in [0.15, 0.2) is 11.2 Å². The van der Waals surface area contributed by atoms with Gasteiger partial charge in [0.1, 0.15) is 6.10 Å². The molecule has 0 heterocycles. The molecule has 0 aliphatic rings. The summed E-state index contributed by atoms with van der Waals surface area (Å²) in [6, 6.07) is 0. The van der Waals surface area contributed by atoms with Gasteiger partial charge in [-0.2, -0.15) is 0 Å². The molecule has 2 unspecified atom stereocenters. The van der Waals surface area contributed by atoms with Gasteiger partial charge in [-0.05, 0) is 19.1 Å². The minimum Gasteiger partial charge on any atom is -0.414 e. The lowest BCUT2D eigenvalue weighted by Gasteiger charge is -2.09. The summed E-state index contributed by atoms with van der Waals surface area (Å²) in [7, 11) is 0. The third kappa shape index (κ3) is 3.72. The van der Waals surface area contributed by atoms with E-state index in [9.17, 15) is 4.79 Å². The average molecular weight is 194 g/mol. The first kappa shape index (κ1) is 11.4. The van der Waals surface area contributed by atoms with Gasteiger partial charge in [0.2, 0.25) is 0 Å². The predicted octanol–water partition coefficient (Wildman–Crippen LogP) is -1.41. The molecule has 5 nitrogen and oxygen atoms in total. The normalized spacial score (nSPS) is 15.0. The second-order valence-electron chi connectivity index (χ2n) is 2.11. The van der Waals surface area contributed by atoms with Gasteiger partial charge in [-0.25, -0.2) is 4.79 Å². The lowest BCUT2D eigenvalue weighted by molar-refractivity contribution is -0.147. The molecular weight excluding hydrogens is 184 g/mol. The smallest absolute Gasteiger partial charge is 0.343 e. The molecule has 0 fully saturated rings. The van der Waals surface area contributed by atoms with Crippen LogP contribution in [0.25, 0.3) is 0 Å². The first-order chi connectivity index (χ1) is 5.49. The lowest BCUT2D eigenvalue weighted by atomic mass is 10.4. The number of hydrogen-bond donors (Lipinski definition) is 3. The highest BCUT2D eigenvalue weighted by molar-refractivity contribution is 7.80.